The second-order valence-corrected chi connectivity index (χ2v) is 7.30. The summed E-state index contributed by atoms with van der Waals surface area (Å²) in [5.74, 6) is 2.58. The minimum Gasteiger partial charge on any atom is -0.284 e. The summed E-state index contributed by atoms with van der Waals surface area (Å²) in [6.45, 7) is 6.05. The van der Waals surface area contributed by atoms with Crippen LogP contribution in [0.5, 0.6) is 0 Å². The lowest BCUT2D eigenvalue weighted by atomic mass is 9.94. The van der Waals surface area contributed by atoms with E-state index in [4.69, 9.17) is 6.42 Å². The van der Waals surface area contributed by atoms with Crippen molar-refractivity contribution in [3.8, 4) is 12.3 Å². The van der Waals surface area contributed by atoms with E-state index in [0.717, 1.165) is 0 Å². The van der Waals surface area contributed by atoms with Gasteiger partial charge in [0, 0.05) is 11.3 Å². The zero-order valence-electron chi connectivity index (χ0n) is 11.0. The van der Waals surface area contributed by atoms with Gasteiger partial charge in [-0.25, -0.2) is 8.42 Å². The molecule has 0 aliphatic carbocycles. The van der Waals surface area contributed by atoms with Gasteiger partial charge in [0.2, 0.25) is 10.0 Å². The Morgan fingerprint density at radius 3 is 2.56 bits per heavy atom. The van der Waals surface area contributed by atoms with Gasteiger partial charge >= 0.3 is 0 Å². The standard InChI is InChI=1S/C14H19NO2S/c1-5-12-7-6-8-13(11-12)15-18(16,17)10-9-14(2,3)4/h1,6-8,11,15H,9-10H2,2-4H3. The summed E-state index contributed by atoms with van der Waals surface area (Å²) in [5, 5.41) is 0. The molecule has 1 N–H and O–H groups in total. The average Bonchev–Trinajstić information content (AvgIpc) is 2.25. The molecule has 0 saturated carbocycles. The van der Waals surface area contributed by atoms with Gasteiger partial charge in [-0.2, -0.15) is 0 Å². The molecule has 0 unspecified atom stereocenters. The number of nitrogens with one attached hydrogen (secondary N) is 1. The van der Waals surface area contributed by atoms with E-state index in [-0.39, 0.29) is 11.2 Å². The van der Waals surface area contributed by atoms with Gasteiger partial charge in [-0.1, -0.05) is 32.8 Å². The molecule has 3 nitrogen and oxygen atoms in total. The Morgan fingerprint density at radius 1 is 1.33 bits per heavy atom. The van der Waals surface area contributed by atoms with Crippen molar-refractivity contribution in [2.75, 3.05) is 10.5 Å². The zero-order chi connectivity index (χ0) is 13.8. The van der Waals surface area contributed by atoms with Crippen LogP contribution in [0, 0.1) is 17.8 Å². The summed E-state index contributed by atoms with van der Waals surface area (Å²) in [6.07, 6.45) is 5.88. The first-order chi connectivity index (χ1) is 8.22. The second kappa shape index (κ2) is 5.45. The van der Waals surface area contributed by atoms with Gasteiger partial charge in [-0.05, 0) is 30.0 Å². The Hall–Kier alpha value is -1.47. The molecule has 0 radical (unpaired) electrons. The number of hydrogen-bond donors (Lipinski definition) is 1. The third kappa shape index (κ3) is 5.24. The quantitative estimate of drug-likeness (QED) is 0.851. The molecule has 1 aromatic carbocycles. The Labute approximate surface area is 110 Å². The average molecular weight is 265 g/mol. The summed E-state index contributed by atoms with van der Waals surface area (Å²) >= 11 is 0. The molecular weight excluding hydrogens is 246 g/mol. The van der Waals surface area contributed by atoms with Gasteiger partial charge in [0.05, 0.1) is 5.75 Å². The van der Waals surface area contributed by atoms with Crippen LogP contribution in [0.1, 0.15) is 32.8 Å². The summed E-state index contributed by atoms with van der Waals surface area (Å²) < 4.78 is 26.3. The molecule has 0 amide bonds. The van der Waals surface area contributed by atoms with E-state index in [1.54, 1.807) is 24.3 Å². The van der Waals surface area contributed by atoms with Crippen LogP contribution in [0.3, 0.4) is 0 Å². The van der Waals surface area contributed by atoms with Crippen molar-refractivity contribution in [3.63, 3.8) is 0 Å². The molecule has 0 atom stereocenters. The highest BCUT2D eigenvalue weighted by atomic mass is 32.2. The summed E-state index contributed by atoms with van der Waals surface area (Å²) in [6, 6.07) is 6.83. The van der Waals surface area contributed by atoms with E-state index < -0.39 is 10.0 Å². The van der Waals surface area contributed by atoms with Crippen molar-refractivity contribution >= 4 is 15.7 Å². The SMILES string of the molecule is C#Cc1cccc(NS(=O)(=O)CCC(C)(C)C)c1. The smallest absolute Gasteiger partial charge is 0.232 e. The van der Waals surface area contributed by atoms with Gasteiger partial charge in [0.25, 0.3) is 0 Å². The number of benzene rings is 1. The number of rotatable bonds is 4. The fourth-order valence-electron chi connectivity index (χ4n) is 1.34. The van der Waals surface area contributed by atoms with Crippen molar-refractivity contribution in [1.29, 1.82) is 0 Å². The topological polar surface area (TPSA) is 46.2 Å². The molecule has 1 rings (SSSR count). The van der Waals surface area contributed by atoms with Gasteiger partial charge in [0.1, 0.15) is 0 Å². The van der Waals surface area contributed by atoms with Crippen LogP contribution in [0.25, 0.3) is 0 Å². The largest absolute Gasteiger partial charge is 0.284 e. The predicted molar refractivity (Wildman–Crippen MR) is 75.9 cm³/mol. The highest BCUT2D eigenvalue weighted by molar-refractivity contribution is 7.92. The van der Waals surface area contributed by atoms with Crippen molar-refractivity contribution < 1.29 is 8.42 Å². The van der Waals surface area contributed by atoms with E-state index in [9.17, 15) is 8.42 Å². The van der Waals surface area contributed by atoms with Gasteiger partial charge < -0.3 is 0 Å². The van der Waals surface area contributed by atoms with E-state index >= 15 is 0 Å². The van der Waals surface area contributed by atoms with E-state index in [1.165, 1.54) is 0 Å². The van der Waals surface area contributed by atoms with Gasteiger partial charge in [0.15, 0.2) is 0 Å². The lowest BCUT2D eigenvalue weighted by Crippen LogP contribution is -2.20. The van der Waals surface area contributed by atoms with Crippen LogP contribution < -0.4 is 4.72 Å². The van der Waals surface area contributed by atoms with Crippen LogP contribution >= 0.6 is 0 Å². The first-order valence-electron chi connectivity index (χ1n) is 5.79. The molecular formula is C14H19NO2S. The lowest BCUT2D eigenvalue weighted by molar-refractivity contribution is 0.397. The lowest BCUT2D eigenvalue weighted by Gasteiger charge is -2.18. The Bertz CT molecular complexity index is 548. The first-order valence-corrected chi connectivity index (χ1v) is 7.44. The number of anilines is 1. The second-order valence-electron chi connectivity index (χ2n) is 5.46. The zero-order valence-corrected chi connectivity index (χ0v) is 11.8. The molecule has 0 aromatic heterocycles. The molecule has 0 bridgehead atoms. The maximum atomic E-state index is 11.9. The van der Waals surface area contributed by atoms with E-state index in [1.807, 2.05) is 20.8 Å². The van der Waals surface area contributed by atoms with Gasteiger partial charge in [-0.3, -0.25) is 4.72 Å². The Morgan fingerprint density at radius 2 is 2.00 bits per heavy atom. The number of terminal acetylenes is 1. The normalized spacial score (nSPS) is 11.9. The van der Waals surface area contributed by atoms with Crippen LogP contribution in [0.4, 0.5) is 5.69 Å². The van der Waals surface area contributed by atoms with E-state index in [0.29, 0.717) is 17.7 Å². The number of hydrogen-bond acceptors (Lipinski definition) is 2. The predicted octanol–water partition coefficient (Wildman–Crippen LogP) is 2.85. The molecule has 0 heterocycles. The fourth-order valence-corrected chi connectivity index (χ4v) is 2.81. The Kier molecular flexibility index (Phi) is 4.42. The van der Waals surface area contributed by atoms with Crippen molar-refractivity contribution in [1.82, 2.24) is 0 Å². The fraction of sp³-hybridized carbons (Fsp3) is 0.429. The molecule has 0 fully saturated rings. The number of sulfonamides is 1. The third-order valence-electron chi connectivity index (χ3n) is 2.42. The van der Waals surface area contributed by atoms with Crippen LogP contribution in [0.15, 0.2) is 24.3 Å². The van der Waals surface area contributed by atoms with Crippen LogP contribution in [-0.2, 0) is 10.0 Å². The van der Waals surface area contributed by atoms with Crippen LogP contribution in [-0.4, -0.2) is 14.2 Å². The van der Waals surface area contributed by atoms with Crippen molar-refractivity contribution in [2.24, 2.45) is 5.41 Å². The summed E-state index contributed by atoms with van der Waals surface area (Å²) in [5.41, 5.74) is 1.17. The summed E-state index contributed by atoms with van der Waals surface area (Å²) in [4.78, 5) is 0. The van der Waals surface area contributed by atoms with Crippen LogP contribution in [0.2, 0.25) is 0 Å². The minimum atomic E-state index is -3.31. The van der Waals surface area contributed by atoms with Gasteiger partial charge in [-0.15, -0.1) is 6.42 Å². The molecule has 0 aliphatic rings. The highest BCUT2D eigenvalue weighted by Crippen LogP contribution is 2.20. The van der Waals surface area contributed by atoms with E-state index in [2.05, 4.69) is 10.6 Å². The highest BCUT2D eigenvalue weighted by Gasteiger charge is 2.17. The minimum absolute atomic E-state index is 0.00455. The summed E-state index contributed by atoms with van der Waals surface area (Å²) in [7, 11) is -3.31. The maximum Gasteiger partial charge on any atom is 0.232 e. The van der Waals surface area contributed by atoms with Crippen molar-refractivity contribution in [2.45, 2.75) is 27.2 Å². The molecule has 0 spiro atoms. The molecule has 0 saturated heterocycles. The molecule has 0 aliphatic heterocycles. The third-order valence-corrected chi connectivity index (χ3v) is 3.71. The first kappa shape index (κ1) is 14.6. The molecule has 1 aromatic rings. The molecule has 18 heavy (non-hydrogen) atoms. The van der Waals surface area contributed by atoms with Crippen molar-refractivity contribution in [3.05, 3.63) is 29.8 Å². The molecule has 98 valence electrons. The Balaban J connectivity index is 2.74. The maximum absolute atomic E-state index is 11.9. The molecule has 4 heteroatoms. The monoisotopic (exact) mass is 265 g/mol.